The Kier molecular flexibility index (Phi) is 3.20. The van der Waals surface area contributed by atoms with E-state index in [4.69, 9.17) is 0 Å². The minimum Gasteiger partial charge on any atom is -0.338 e. The van der Waals surface area contributed by atoms with Crippen molar-refractivity contribution in [3.8, 4) is 0 Å². The molecule has 0 aliphatic carbocycles. The summed E-state index contributed by atoms with van der Waals surface area (Å²) in [5.41, 5.74) is 0. The molecule has 0 radical (unpaired) electrons. The van der Waals surface area contributed by atoms with Crippen molar-refractivity contribution < 1.29 is 0 Å². The van der Waals surface area contributed by atoms with Crippen LogP contribution in [0, 0.1) is 0 Å². The number of nitrogens with zero attached hydrogens (tertiary/aromatic N) is 2. The zero-order valence-electron chi connectivity index (χ0n) is 10.4. The Labute approximate surface area is 114 Å². The second-order valence-electron chi connectivity index (χ2n) is 4.30. The monoisotopic (exact) mass is 277 g/mol. The number of nitrogens with one attached hydrogen (secondary N) is 1. The lowest BCUT2D eigenvalue weighted by Gasteiger charge is -2.14. The third kappa shape index (κ3) is 2.09. The van der Waals surface area contributed by atoms with Crippen molar-refractivity contribution in [1.82, 2.24) is 14.9 Å². The van der Waals surface area contributed by atoms with Crippen molar-refractivity contribution >= 4 is 32.1 Å². The van der Waals surface area contributed by atoms with Gasteiger partial charge in [0.2, 0.25) is 0 Å². The van der Waals surface area contributed by atoms with E-state index in [9.17, 15) is 0 Å². The highest BCUT2D eigenvalue weighted by molar-refractivity contribution is 7.26. The molecule has 3 aromatic rings. The summed E-state index contributed by atoms with van der Waals surface area (Å²) in [6.07, 6.45) is 4.78. The maximum Gasteiger partial charge on any atom is 0.110 e. The predicted molar refractivity (Wildman–Crippen MR) is 78.4 cm³/mol. The smallest absolute Gasteiger partial charge is 0.110 e. The number of imidazole rings is 1. The molecule has 3 heterocycles. The lowest BCUT2D eigenvalue weighted by molar-refractivity contribution is 0.572. The van der Waals surface area contributed by atoms with Gasteiger partial charge in [0, 0.05) is 46.2 Å². The maximum atomic E-state index is 4.40. The lowest BCUT2D eigenvalue weighted by atomic mass is 10.1. The van der Waals surface area contributed by atoms with Gasteiger partial charge in [0.05, 0.1) is 0 Å². The Morgan fingerprint density at radius 3 is 3.00 bits per heavy atom. The van der Waals surface area contributed by atoms with Crippen LogP contribution in [0.25, 0.3) is 9.40 Å². The first-order valence-corrected chi connectivity index (χ1v) is 7.58. The normalized spacial score (nSPS) is 13.2. The van der Waals surface area contributed by atoms with Gasteiger partial charge in [-0.1, -0.05) is 0 Å². The largest absolute Gasteiger partial charge is 0.338 e. The molecule has 0 amide bonds. The minimum atomic E-state index is 0.343. The maximum absolute atomic E-state index is 4.40. The fourth-order valence-electron chi connectivity index (χ4n) is 2.08. The van der Waals surface area contributed by atoms with Gasteiger partial charge in [0.25, 0.3) is 0 Å². The van der Waals surface area contributed by atoms with Crippen molar-refractivity contribution in [3.63, 3.8) is 0 Å². The SMILES string of the molecule is CNC(Cc1nccn1C)c1cc2sccc2s1. The van der Waals surface area contributed by atoms with Crippen LogP contribution in [0.1, 0.15) is 16.7 Å². The van der Waals surface area contributed by atoms with E-state index < -0.39 is 0 Å². The number of aromatic nitrogens is 2. The molecule has 3 aromatic heterocycles. The molecule has 0 aliphatic heterocycles. The van der Waals surface area contributed by atoms with E-state index in [-0.39, 0.29) is 0 Å². The summed E-state index contributed by atoms with van der Waals surface area (Å²) >= 11 is 3.68. The van der Waals surface area contributed by atoms with Crippen molar-refractivity contribution in [2.45, 2.75) is 12.5 Å². The third-order valence-corrected chi connectivity index (χ3v) is 5.37. The molecule has 0 saturated heterocycles. The van der Waals surface area contributed by atoms with Gasteiger partial charge in [-0.25, -0.2) is 4.98 Å². The van der Waals surface area contributed by atoms with Crippen LogP contribution in [0.2, 0.25) is 0 Å². The molecule has 0 bridgehead atoms. The highest BCUT2D eigenvalue weighted by Crippen LogP contribution is 2.34. The van der Waals surface area contributed by atoms with Crippen molar-refractivity contribution in [2.24, 2.45) is 7.05 Å². The van der Waals surface area contributed by atoms with Crippen molar-refractivity contribution in [3.05, 3.63) is 40.6 Å². The first-order valence-electron chi connectivity index (χ1n) is 5.88. The van der Waals surface area contributed by atoms with Gasteiger partial charge in [0.15, 0.2) is 0 Å². The predicted octanol–water partition coefficient (Wildman–Crippen LogP) is 3.20. The average Bonchev–Trinajstić information content (AvgIpc) is 3.01. The van der Waals surface area contributed by atoms with Crippen molar-refractivity contribution in [1.29, 1.82) is 0 Å². The van der Waals surface area contributed by atoms with Crippen LogP contribution in [-0.4, -0.2) is 16.6 Å². The number of hydrogen-bond acceptors (Lipinski definition) is 4. The van der Waals surface area contributed by atoms with Crippen LogP contribution < -0.4 is 5.32 Å². The second-order valence-corrected chi connectivity index (χ2v) is 6.36. The highest BCUT2D eigenvalue weighted by atomic mass is 32.1. The van der Waals surface area contributed by atoms with Crippen LogP contribution in [0.4, 0.5) is 0 Å². The Balaban J connectivity index is 1.88. The zero-order valence-corrected chi connectivity index (χ0v) is 12.0. The summed E-state index contributed by atoms with van der Waals surface area (Å²) in [7, 11) is 4.06. The molecule has 0 spiro atoms. The Bertz CT molecular complexity index is 621. The number of fused-ring (bicyclic) bond motifs is 1. The van der Waals surface area contributed by atoms with Crippen LogP contribution >= 0.6 is 22.7 Å². The number of rotatable bonds is 4. The molecular formula is C13H15N3S2. The first-order chi connectivity index (χ1) is 8.78. The minimum absolute atomic E-state index is 0.343. The summed E-state index contributed by atoms with van der Waals surface area (Å²) in [4.78, 5) is 5.79. The van der Waals surface area contributed by atoms with Gasteiger partial charge in [0.1, 0.15) is 5.82 Å². The van der Waals surface area contributed by atoms with E-state index in [1.54, 1.807) is 0 Å². The zero-order chi connectivity index (χ0) is 12.5. The number of likely N-dealkylation sites (N-methyl/N-ethyl adjacent to an activating group) is 1. The van der Waals surface area contributed by atoms with Crippen LogP contribution in [0.15, 0.2) is 29.9 Å². The highest BCUT2D eigenvalue weighted by Gasteiger charge is 2.15. The molecule has 1 atom stereocenters. The third-order valence-electron chi connectivity index (χ3n) is 3.16. The number of thiophene rings is 2. The summed E-state index contributed by atoms with van der Waals surface area (Å²) in [5, 5.41) is 5.55. The van der Waals surface area contributed by atoms with Gasteiger partial charge < -0.3 is 9.88 Å². The van der Waals surface area contributed by atoms with E-state index in [1.165, 1.54) is 14.3 Å². The molecule has 3 nitrogen and oxygen atoms in total. The Hall–Kier alpha value is -1.17. The molecule has 3 rings (SSSR count). The van der Waals surface area contributed by atoms with E-state index in [2.05, 4.69) is 32.4 Å². The van der Waals surface area contributed by atoms with Crippen LogP contribution in [0.3, 0.4) is 0 Å². The summed E-state index contributed by atoms with van der Waals surface area (Å²) in [6.45, 7) is 0. The number of aryl methyl sites for hydroxylation is 1. The molecular weight excluding hydrogens is 262 g/mol. The molecule has 18 heavy (non-hydrogen) atoms. The van der Waals surface area contributed by atoms with Gasteiger partial charge in [-0.3, -0.25) is 0 Å². The number of hydrogen-bond donors (Lipinski definition) is 1. The van der Waals surface area contributed by atoms with Crippen LogP contribution in [0.5, 0.6) is 0 Å². The Morgan fingerprint density at radius 1 is 1.44 bits per heavy atom. The summed E-state index contributed by atoms with van der Waals surface area (Å²) < 4.78 is 4.85. The average molecular weight is 277 g/mol. The van der Waals surface area contributed by atoms with Gasteiger partial charge in [-0.15, -0.1) is 22.7 Å². The van der Waals surface area contributed by atoms with Gasteiger partial charge in [-0.2, -0.15) is 0 Å². The van der Waals surface area contributed by atoms with Crippen LogP contribution in [-0.2, 0) is 13.5 Å². The van der Waals surface area contributed by atoms with E-state index in [0.29, 0.717) is 6.04 Å². The van der Waals surface area contributed by atoms with E-state index in [1.807, 2.05) is 49.2 Å². The second kappa shape index (κ2) is 4.84. The molecule has 1 unspecified atom stereocenters. The Morgan fingerprint density at radius 2 is 2.33 bits per heavy atom. The van der Waals surface area contributed by atoms with Crippen molar-refractivity contribution in [2.75, 3.05) is 7.05 Å². The van der Waals surface area contributed by atoms with E-state index in [0.717, 1.165) is 12.2 Å². The van der Waals surface area contributed by atoms with Gasteiger partial charge >= 0.3 is 0 Å². The molecule has 0 aromatic carbocycles. The molecule has 1 N–H and O–H groups in total. The molecule has 5 heteroatoms. The van der Waals surface area contributed by atoms with E-state index >= 15 is 0 Å². The van der Waals surface area contributed by atoms with Gasteiger partial charge in [-0.05, 0) is 24.6 Å². The summed E-state index contributed by atoms with van der Waals surface area (Å²) in [5.74, 6) is 1.12. The molecule has 94 valence electrons. The quantitative estimate of drug-likeness (QED) is 0.793. The molecule has 0 fully saturated rings. The fourth-order valence-corrected chi connectivity index (χ4v) is 4.31. The topological polar surface area (TPSA) is 29.9 Å². The standard InChI is InChI=1S/C13H15N3S2/c1-14-9(7-13-15-4-5-16(13)2)11-8-12-10(18-11)3-6-17-12/h3-6,8-9,14H,7H2,1-2H3. The molecule has 0 aliphatic rings. The first kappa shape index (κ1) is 11.9. The fraction of sp³-hybridized carbons (Fsp3) is 0.308. The molecule has 0 saturated carbocycles. The lowest BCUT2D eigenvalue weighted by Crippen LogP contribution is -2.19. The summed E-state index contributed by atoms with van der Waals surface area (Å²) in [6, 6.07) is 4.84.